The van der Waals surface area contributed by atoms with Gasteiger partial charge in [0, 0.05) is 48.7 Å². The fourth-order valence-electron chi connectivity index (χ4n) is 9.61. The molecule has 8 rings (SSSR count). The number of benzene rings is 1. The van der Waals surface area contributed by atoms with Crippen molar-refractivity contribution in [2.75, 3.05) is 42.8 Å². The van der Waals surface area contributed by atoms with Gasteiger partial charge in [-0.3, -0.25) is 4.90 Å². The second kappa shape index (κ2) is 13.9. The third-order valence-electron chi connectivity index (χ3n) is 12.1. The van der Waals surface area contributed by atoms with Crippen LogP contribution in [-0.2, 0) is 38.4 Å². The molecule has 5 aliphatic rings. The summed E-state index contributed by atoms with van der Waals surface area (Å²) in [6, 6.07) is 4.67. The lowest BCUT2D eigenvalue weighted by Gasteiger charge is -2.47. The Morgan fingerprint density at radius 3 is 1.82 bits per heavy atom. The summed E-state index contributed by atoms with van der Waals surface area (Å²) in [5.74, 6) is 2.98. The number of rotatable bonds is 9. The molecule has 0 aliphatic carbocycles. The number of nitrogens with zero attached hydrogens (tertiary/aromatic N) is 7. The van der Waals surface area contributed by atoms with Gasteiger partial charge in [0.25, 0.3) is 0 Å². The standard InChI is InChI=1S/C44H62N8O4/c1-12-53-34-24-28(23-29-13-18-40(2,3)54-35(29)34)27-50-21-16-31(17-22-50)52(39-47-26-33-37(49-39)44(10,11)56-42(33,6)7)51(30-14-19-45-20-15-30)38-46-25-32-36(48-38)43(8,9)55-41(32,4)5/h13,18,23-26,30-31,45H,12,14-17,19-22,27H2,1-11H3. The Hall–Kier alpha value is -3.84. The van der Waals surface area contributed by atoms with Crippen LogP contribution in [0.3, 0.4) is 0 Å². The maximum atomic E-state index is 6.57. The maximum absolute atomic E-state index is 6.57. The molecule has 1 aromatic carbocycles. The summed E-state index contributed by atoms with van der Waals surface area (Å²) < 4.78 is 25.6. The average molecular weight is 767 g/mol. The molecule has 0 atom stereocenters. The van der Waals surface area contributed by atoms with Crippen LogP contribution in [0.1, 0.15) is 135 Å². The first-order chi connectivity index (χ1) is 26.4. The molecule has 0 bridgehead atoms. The smallest absolute Gasteiger partial charge is 0.245 e. The number of hydrogen-bond donors (Lipinski definition) is 1. The number of ether oxygens (including phenoxy) is 4. The van der Waals surface area contributed by atoms with Crippen LogP contribution in [0.25, 0.3) is 6.08 Å². The summed E-state index contributed by atoms with van der Waals surface area (Å²) in [4.78, 5) is 23.7. The summed E-state index contributed by atoms with van der Waals surface area (Å²) in [5.41, 5.74) is 3.77. The lowest BCUT2D eigenvalue weighted by atomic mass is 9.97. The molecule has 2 aromatic heterocycles. The molecule has 3 aromatic rings. The Morgan fingerprint density at radius 1 is 0.750 bits per heavy atom. The van der Waals surface area contributed by atoms with E-state index in [1.807, 2.05) is 19.3 Å². The van der Waals surface area contributed by atoms with Gasteiger partial charge in [-0.05, 0) is 139 Å². The van der Waals surface area contributed by atoms with Gasteiger partial charge in [-0.15, -0.1) is 0 Å². The topological polar surface area (TPSA) is 110 Å². The minimum absolute atomic E-state index is 0.108. The molecule has 0 saturated carbocycles. The van der Waals surface area contributed by atoms with E-state index in [4.69, 9.17) is 38.9 Å². The van der Waals surface area contributed by atoms with Gasteiger partial charge >= 0.3 is 0 Å². The normalized spacial score (nSPS) is 23.2. The van der Waals surface area contributed by atoms with Gasteiger partial charge in [0.1, 0.15) is 16.8 Å². The first kappa shape index (κ1) is 39.0. The van der Waals surface area contributed by atoms with Gasteiger partial charge in [0.15, 0.2) is 11.5 Å². The molecule has 2 saturated heterocycles. The molecule has 0 radical (unpaired) electrons. The Balaban J connectivity index is 1.15. The summed E-state index contributed by atoms with van der Waals surface area (Å²) in [7, 11) is 0. The van der Waals surface area contributed by atoms with Crippen molar-refractivity contribution in [2.45, 2.75) is 148 Å². The van der Waals surface area contributed by atoms with Crippen LogP contribution in [0, 0.1) is 0 Å². The zero-order valence-corrected chi connectivity index (χ0v) is 35.5. The van der Waals surface area contributed by atoms with E-state index in [0.29, 0.717) is 18.5 Å². The highest BCUT2D eigenvalue weighted by atomic mass is 16.5. The molecule has 0 spiro atoms. The maximum Gasteiger partial charge on any atom is 0.245 e. The van der Waals surface area contributed by atoms with Crippen molar-refractivity contribution in [3.8, 4) is 11.5 Å². The predicted molar refractivity (Wildman–Crippen MR) is 219 cm³/mol. The van der Waals surface area contributed by atoms with Crippen molar-refractivity contribution in [1.82, 2.24) is 30.2 Å². The lowest BCUT2D eigenvalue weighted by molar-refractivity contribution is -0.106. The predicted octanol–water partition coefficient (Wildman–Crippen LogP) is 7.49. The van der Waals surface area contributed by atoms with Crippen LogP contribution < -0.4 is 24.8 Å². The second-order valence-electron chi connectivity index (χ2n) is 18.8. The highest BCUT2D eigenvalue weighted by Crippen LogP contribution is 2.48. The number of nitrogens with one attached hydrogen (secondary N) is 1. The van der Waals surface area contributed by atoms with E-state index < -0.39 is 22.4 Å². The van der Waals surface area contributed by atoms with Gasteiger partial charge < -0.3 is 24.3 Å². The Morgan fingerprint density at radius 2 is 1.29 bits per heavy atom. The Kier molecular flexibility index (Phi) is 9.70. The zero-order chi connectivity index (χ0) is 39.8. The monoisotopic (exact) mass is 766 g/mol. The van der Waals surface area contributed by atoms with Crippen LogP contribution >= 0.6 is 0 Å². The van der Waals surface area contributed by atoms with Crippen molar-refractivity contribution in [3.63, 3.8) is 0 Å². The number of hydrazine groups is 1. The van der Waals surface area contributed by atoms with Crippen LogP contribution in [-0.4, -0.2) is 75.3 Å². The number of fused-ring (bicyclic) bond motifs is 3. The zero-order valence-electron chi connectivity index (χ0n) is 35.5. The van der Waals surface area contributed by atoms with Crippen molar-refractivity contribution in [2.24, 2.45) is 0 Å². The summed E-state index contributed by atoms with van der Waals surface area (Å²) in [6.45, 7) is 28.1. The average Bonchev–Trinajstić information content (AvgIpc) is 3.45. The fraction of sp³-hybridized carbons (Fsp3) is 0.636. The minimum Gasteiger partial charge on any atom is -0.490 e. The van der Waals surface area contributed by atoms with Crippen molar-refractivity contribution in [3.05, 3.63) is 64.2 Å². The molecular weight excluding hydrogens is 705 g/mol. The van der Waals surface area contributed by atoms with Crippen LogP contribution in [0.4, 0.5) is 11.9 Å². The molecule has 0 amide bonds. The molecule has 1 N–H and O–H groups in total. The molecule has 2 fully saturated rings. The number of aromatic nitrogens is 4. The minimum atomic E-state index is -0.562. The summed E-state index contributed by atoms with van der Waals surface area (Å²) >= 11 is 0. The Labute approximate surface area is 333 Å². The van der Waals surface area contributed by atoms with E-state index in [-0.39, 0.29) is 17.7 Å². The van der Waals surface area contributed by atoms with Gasteiger partial charge in [0.05, 0.1) is 41.3 Å². The van der Waals surface area contributed by atoms with E-state index in [0.717, 1.165) is 98.0 Å². The van der Waals surface area contributed by atoms with E-state index in [1.54, 1.807) is 0 Å². The van der Waals surface area contributed by atoms with Crippen molar-refractivity contribution < 1.29 is 18.9 Å². The second-order valence-corrected chi connectivity index (χ2v) is 18.8. The molecule has 302 valence electrons. The van der Waals surface area contributed by atoms with Gasteiger partial charge in [-0.2, -0.15) is 0 Å². The Bertz CT molecular complexity index is 1990. The van der Waals surface area contributed by atoms with Gasteiger partial charge in [0.2, 0.25) is 11.9 Å². The highest BCUT2D eigenvalue weighted by molar-refractivity contribution is 5.66. The molecule has 12 heteroatoms. The van der Waals surface area contributed by atoms with Crippen LogP contribution in [0.15, 0.2) is 30.6 Å². The first-order valence-electron chi connectivity index (χ1n) is 20.7. The van der Waals surface area contributed by atoms with E-state index in [1.165, 1.54) is 5.56 Å². The molecule has 56 heavy (non-hydrogen) atoms. The highest BCUT2D eigenvalue weighted by Gasteiger charge is 2.48. The van der Waals surface area contributed by atoms with Gasteiger partial charge in [-0.25, -0.2) is 30.0 Å². The van der Waals surface area contributed by atoms with E-state index in [2.05, 4.69) is 114 Å². The number of likely N-dealkylation sites (tertiary alicyclic amines) is 1. The summed E-state index contributed by atoms with van der Waals surface area (Å²) in [6.07, 6.45) is 12.0. The first-order valence-corrected chi connectivity index (χ1v) is 20.7. The van der Waals surface area contributed by atoms with E-state index >= 15 is 0 Å². The van der Waals surface area contributed by atoms with Crippen LogP contribution in [0.5, 0.6) is 11.5 Å². The molecular formula is C44H62N8O4. The van der Waals surface area contributed by atoms with Gasteiger partial charge in [-0.1, -0.05) is 6.08 Å². The molecule has 5 aliphatic heterocycles. The largest absolute Gasteiger partial charge is 0.490 e. The quantitative estimate of drug-likeness (QED) is 0.218. The molecule has 7 heterocycles. The summed E-state index contributed by atoms with van der Waals surface area (Å²) in [5, 5.41) is 8.29. The number of piperidine rings is 2. The molecule has 0 unspecified atom stereocenters. The SMILES string of the molecule is CCOc1cc(CN2CCC(N(c3ncc4c(n3)C(C)(C)OC4(C)C)N(c3ncc4c(n3)C(C)(C)OC4(C)C)C3CCNCC3)CC2)cc2c1OC(C)(C)C=C2. The van der Waals surface area contributed by atoms with Crippen molar-refractivity contribution in [1.29, 1.82) is 0 Å². The number of hydrogen-bond acceptors (Lipinski definition) is 12. The molecule has 12 nitrogen and oxygen atoms in total. The number of anilines is 2. The van der Waals surface area contributed by atoms with Crippen LogP contribution in [0.2, 0.25) is 0 Å². The third kappa shape index (κ3) is 7.16. The third-order valence-corrected chi connectivity index (χ3v) is 12.1. The fourth-order valence-corrected chi connectivity index (χ4v) is 9.61. The lowest BCUT2D eigenvalue weighted by Crippen LogP contribution is -2.59. The van der Waals surface area contributed by atoms with E-state index in [9.17, 15) is 0 Å². The van der Waals surface area contributed by atoms with Crippen molar-refractivity contribution >= 4 is 18.0 Å².